The molecule has 0 aromatic heterocycles. The van der Waals surface area contributed by atoms with Crippen molar-refractivity contribution >= 4 is 0 Å². The van der Waals surface area contributed by atoms with Crippen LogP contribution >= 0.6 is 0 Å². The molecule has 0 fully saturated rings. The Balaban J connectivity index is 3.07. The normalized spacial score (nSPS) is 11.9. The molecule has 0 aromatic rings. The van der Waals surface area contributed by atoms with Crippen molar-refractivity contribution < 1.29 is 5.11 Å². The van der Waals surface area contributed by atoms with Crippen molar-refractivity contribution in [3.8, 4) is 0 Å². The molecule has 0 bridgehead atoms. The van der Waals surface area contributed by atoms with Crippen LogP contribution < -0.4 is 0 Å². The van der Waals surface area contributed by atoms with Gasteiger partial charge in [0.05, 0.1) is 0 Å². The molecule has 0 amide bonds. The number of aliphatic hydroxyl groups is 1. The SMILES string of the molecule is CCC=CCCCCCCCCCC=CCCCCCCCCO. The van der Waals surface area contributed by atoms with Gasteiger partial charge in [0.2, 0.25) is 0 Å². The van der Waals surface area contributed by atoms with Gasteiger partial charge in [-0.2, -0.15) is 0 Å². The van der Waals surface area contributed by atoms with E-state index in [0.29, 0.717) is 6.61 Å². The van der Waals surface area contributed by atoms with Gasteiger partial charge in [0.25, 0.3) is 0 Å². The van der Waals surface area contributed by atoms with Crippen LogP contribution in [0.25, 0.3) is 0 Å². The molecule has 1 heteroatoms. The smallest absolute Gasteiger partial charge is 0.0431 e. The predicted molar refractivity (Wildman–Crippen MR) is 110 cm³/mol. The minimum absolute atomic E-state index is 0.360. The van der Waals surface area contributed by atoms with E-state index < -0.39 is 0 Å². The summed E-state index contributed by atoms with van der Waals surface area (Å²) in [6.45, 7) is 2.56. The standard InChI is InChI=1S/C23H44O/c1-2-3-4-5-6-7-8-9-10-11-12-13-14-15-16-17-18-19-20-21-22-23-24/h3-4,14-15,24H,2,5-13,16-23H2,1H3. The van der Waals surface area contributed by atoms with E-state index in [2.05, 4.69) is 31.2 Å². The summed E-state index contributed by atoms with van der Waals surface area (Å²) in [5, 5.41) is 8.71. The Morgan fingerprint density at radius 1 is 0.458 bits per heavy atom. The fourth-order valence-corrected chi connectivity index (χ4v) is 3.01. The van der Waals surface area contributed by atoms with Crippen LogP contribution in [0.4, 0.5) is 0 Å². The van der Waals surface area contributed by atoms with E-state index in [1.165, 1.54) is 103 Å². The largest absolute Gasteiger partial charge is 0.396 e. The van der Waals surface area contributed by atoms with Crippen LogP contribution in [0.15, 0.2) is 24.3 Å². The monoisotopic (exact) mass is 336 g/mol. The van der Waals surface area contributed by atoms with Gasteiger partial charge in [-0.25, -0.2) is 0 Å². The molecule has 24 heavy (non-hydrogen) atoms. The molecule has 0 aliphatic rings. The molecular formula is C23H44O. The van der Waals surface area contributed by atoms with Gasteiger partial charge in [-0.05, 0) is 51.4 Å². The molecule has 1 nitrogen and oxygen atoms in total. The Labute approximate surface area is 152 Å². The number of rotatable bonds is 19. The van der Waals surface area contributed by atoms with Crippen LogP contribution in [0.2, 0.25) is 0 Å². The zero-order valence-corrected chi connectivity index (χ0v) is 16.5. The maximum Gasteiger partial charge on any atom is 0.0431 e. The molecule has 0 saturated heterocycles. The maximum absolute atomic E-state index is 8.71. The lowest BCUT2D eigenvalue weighted by atomic mass is 10.1. The van der Waals surface area contributed by atoms with E-state index in [1.807, 2.05) is 0 Å². The Kier molecular flexibility index (Phi) is 21.9. The lowest BCUT2D eigenvalue weighted by Gasteiger charge is -2.00. The number of aliphatic hydroxyl groups excluding tert-OH is 1. The molecule has 142 valence electrons. The number of unbranched alkanes of at least 4 members (excludes halogenated alkanes) is 14. The first-order valence-electron chi connectivity index (χ1n) is 10.8. The molecule has 0 rings (SSSR count). The van der Waals surface area contributed by atoms with Crippen LogP contribution in [0.5, 0.6) is 0 Å². The number of hydrogen-bond acceptors (Lipinski definition) is 1. The number of hydrogen-bond donors (Lipinski definition) is 1. The minimum Gasteiger partial charge on any atom is -0.396 e. The summed E-state index contributed by atoms with van der Waals surface area (Å²) in [4.78, 5) is 0. The summed E-state index contributed by atoms with van der Waals surface area (Å²) in [5.41, 5.74) is 0. The van der Waals surface area contributed by atoms with E-state index in [9.17, 15) is 0 Å². The molecule has 0 heterocycles. The average molecular weight is 337 g/mol. The average Bonchev–Trinajstić information content (AvgIpc) is 2.60. The quantitative estimate of drug-likeness (QED) is 0.189. The summed E-state index contributed by atoms with van der Waals surface area (Å²) in [6.07, 6.45) is 31.7. The van der Waals surface area contributed by atoms with Gasteiger partial charge >= 0.3 is 0 Å². The second-order valence-corrected chi connectivity index (χ2v) is 7.04. The molecule has 1 N–H and O–H groups in total. The highest BCUT2D eigenvalue weighted by Crippen LogP contribution is 2.11. The maximum atomic E-state index is 8.71. The van der Waals surface area contributed by atoms with E-state index >= 15 is 0 Å². The first kappa shape index (κ1) is 23.4. The van der Waals surface area contributed by atoms with Crippen molar-refractivity contribution in [3.05, 3.63) is 24.3 Å². The molecule has 0 aromatic carbocycles. The molecule has 0 atom stereocenters. The summed E-state index contributed by atoms with van der Waals surface area (Å²) in [5.74, 6) is 0. The van der Waals surface area contributed by atoms with E-state index in [4.69, 9.17) is 5.11 Å². The highest BCUT2D eigenvalue weighted by Gasteiger charge is 1.92. The van der Waals surface area contributed by atoms with Crippen molar-refractivity contribution in [2.45, 2.75) is 116 Å². The molecule has 0 saturated carbocycles. The zero-order chi connectivity index (χ0) is 17.6. The Hall–Kier alpha value is -0.560. The second kappa shape index (κ2) is 22.4. The first-order valence-corrected chi connectivity index (χ1v) is 10.8. The third kappa shape index (κ3) is 21.4. The van der Waals surface area contributed by atoms with Crippen LogP contribution in [0.3, 0.4) is 0 Å². The summed E-state index contributed by atoms with van der Waals surface area (Å²) in [6, 6.07) is 0. The summed E-state index contributed by atoms with van der Waals surface area (Å²) in [7, 11) is 0. The third-order valence-corrected chi connectivity index (χ3v) is 4.59. The molecule has 0 aliphatic carbocycles. The molecule has 0 aliphatic heterocycles. The fraction of sp³-hybridized carbons (Fsp3) is 0.826. The minimum atomic E-state index is 0.360. The molecular weight excluding hydrogens is 292 g/mol. The van der Waals surface area contributed by atoms with Gasteiger partial charge < -0.3 is 5.11 Å². The molecule has 0 radical (unpaired) electrons. The van der Waals surface area contributed by atoms with E-state index in [0.717, 1.165) is 6.42 Å². The fourth-order valence-electron chi connectivity index (χ4n) is 3.01. The molecule has 0 spiro atoms. The second-order valence-electron chi connectivity index (χ2n) is 7.04. The van der Waals surface area contributed by atoms with Gasteiger partial charge in [0, 0.05) is 6.61 Å². The van der Waals surface area contributed by atoms with Gasteiger partial charge in [-0.3, -0.25) is 0 Å². The van der Waals surface area contributed by atoms with Crippen molar-refractivity contribution in [1.82, 2.24) is 0 Å². The highest BCUT2D eigenvalue weighted by molar-refractivity contribution is 4.81. The van der Waals surface area contributed by atoms with Crippen molar-refractivity contribution in [2.75, 3.05) is 6.61 Å². The topological polar surface area (TPSA) is 20.2 Å². The molecule has 0 unspecified atom stereocenters. The van der Waals surface area contributed by atoms with Crippen molar-refractivity contribution in [3.63, 3.8) is 0 Å². The Morgan fingerprint density at radius 2 is 0.792 bits per heavy atom. The number of allylic oxidation sites excluding steroid dienone is 4. The zero-order valence-electron chi connectivity index (χ0n) is 16.5. The van der Waals surface area contributed by atoms with Crippen LogP contribution in [-0.2, 0) is 0 Å². The first-order chi connectivity index (χ1) is 11.9. The van der Waals surface area contributed by atoms with E-state index in [1.54, 1.807) is 0 Å². The Morgan fingerprint density at radius 3 is 1.17 bits per heavy atom. The van der Waals surface area contributed by atoms with E-state index in [-0.39, 0.29) is 0 Å². The van der Waals surface area contributed by atoms with Crippen molar-refractivity contribution in [1.29, 1.82) is 0 Å². The summed E-state index contributed by atoms with van der Waals surface area (Å²) < 4.78 is 0. The Bertz CT molecular complexity index is 267. The van der Waals surface area contributed by atoms with Crippen LogP contribution in [-0.4, -0.2) is 11.7 Å². The predicted octanol–water partition coefficient (Wildman–Crippen LogP) is 7.74. The third-order valence-electron chi connectivity index (χ3n) is 4.59. The van der Waals surface area contributed by atoms with Crippen molar-refractivity contribution in [2.24, 2.45) is 0 Å². The lowest BCUT2D eigenvalue weighted by Crippen LogP contribution is -1.83. The highest BCUT2D eigenvalue weighted by atomic mass is 16.2. The van der Waals surface area contributed by atoms with Crippen LogP contribution in [0, 0.1) is 0 Å². The van der Waals surface area contributed by atoms with Gasteiger partial charge in [-0.15, -0.1) is 0 Å². The van der Waals surface area contributed by atoms with Crippen LogP contribution in [0.1, 0.15) is 116 Å². The van der Waals surface area contributed by atoms with Gasteiger partial charge in [0.15, 0.2) is 0 Å². The van der Waals surface area contributed by atoms with Gasteiger partial charge in [-0.1, -0.05) is 89.0 Å². The summed E-state index contributed by atoms with van der Waals surface area (Å²) >= 11 is 0. The lowest BCUT2D eigenvalue weighted by molar-refractivity contribution is 0.282. The van der Waals surface area contributed by atoms with Gasteiger partial charge in [0.1, 0.15) is 0 Å².